The molecule has 33 heavy (non-hydrogen) atoms. The Hall–Kier alpha value is -2.05. The average molecular weight is 481 g/mol. The van der Waals surface area contributed by atoms with E-state index in [-0.39, 0.29) is 29.4 Å². The highest BCUT2D eigenvalue weighted by Crippen LogP contribution is 2.16. The van der Waals surface area contributed by atoms with Crippen LogP contribution in [0.1, 0.15) is 23.2 Å². The first-order chi connectivity index (χ1) is 15.9. The Morgan fingerprint density at radius 3 is 2.27 bits per heavy atom. The molecule has 1 aromatic rings. The number of nitrogens with one attached hydrogen (secondary N) is 1. The summed E-state index contributed by atoms with van der Waals surface area (Å²) in [5.41, 5.74) is 0.450. The smallest absolute Gasteiger partial charge is 0.253 e. The second kappa shape index (κ2) is 10.9. The molecule has 1 aromatic carbocycles. The van der Waals surface area contributed by atoms with Gasteiger partial charge in [-0.3, -0.25) is 14.5 Å². The highest BCUT2D eigenvalue weighted by Gasteiger charge is 2.26. The molecule has 0 radical (unpaired) electrons. The van der Waals surface area contributed by atoms with Gasteiger partial charge in [-0.25, -0.2) is 13.1 Å². The van der Waals surface area contributed by atoms with Crippen molar-refractivity contribution in [3.8, 4) is 0 Å². The quantitative estimate of drug-likeness (QED) is 0.574. The van der Waals surface area contributed by atoms with Gasteiger partial charge in [-0.1, -0.05) is 0 Å². The highest BCUT2D eigenvalue weighted by molar-refractivity contribution is 7.89. The monoisotopic (exact) mass is 480 g/mol. The number of morpholine rings is 1. The standard InChI is InChI=1S/C22H32N4O6S/c27-21(25-11-14-31-15-12-25)17-24-7-9-26(10-8-24)22(28)18-3-5-20(6-4-18)33(29,30)23-16-19-2-1-13-32-19/h3-6,19,23H,1-2,7-17H2/t19-/m1/s1. The molecule has 0 spiro atoms. The Labute approximate surface area is 194 Å². The van der Waals surface area contributed by atoms with E-state index in [9.17, 15) is 18.0 Å². The molecule has 0 aromatic heterocycles. The summed E-state index contributed by atoms with van der Waals surface area (Å²) in [5, 5.41) is 0. The first-order valence-corrected chi connectivity index (χ1v) is 13.0. The minimum absolute atomic E-state index is 0.0801. The summed E-state index contributed by atoms with van der Waals surface area (Å²) in [6, 6.07) is 6.03. The van der Waals surface area contributed by atoms with Gasteiger partial charge in [0.05, 0.1) is 30.8 Å². The van der Waals surface area contributed by atoms with E-state index in [0.29, 0.717) is 71.2 Å². The van der Waals surface area contributed by atoms with Crippen LogP contribution in [0.3, 0.4) is 0 Å². The van der Waals surface area contributed by atoms with Gasteiger partial charge in [0.25, 0.3) is 5.91 Å². The van der Waals surface area contributed by atoms with Crippen LogP contribution in [0.2, 0.25) is 0 Å². The Balaban J connectivity index is 1.25. The lowest BCUT2D eigenvalue weighted by Crippen LogP contribution is -2.52. The van der Waals surface area contributed by atoms with Crippen molar-refractivity contribution < 1.29 is 27.5 Å². The number of carbonyl (C=O) groups is 2. The maximum atomic E-state index is 12.9. The lowest BCUT2D eigenvalue weighted by atomic mass is 10.2. The number of amides is 2. The third-order valence-electron chi connectivity index (χ3n) is 6.32. The van der Waals surface area contributed by atoms with Gasteiger partial charge in [0.1, 0.15) is 0 Å². The van der Waals surface area contributed by atoms with E-state index in [1.165, 1.54) is 12.1 Å². The van der Waals surface area contributed by atoms with Crippen molar-refractivity contribution >= 4 is 21.8 Å². The lowest BCUT2D eigenvalue weighted by molar-refractivity contribution is -0.136. The van der Waals surface area contributed by atoms with Crippen LogP contribution in [0.25, 0.3) is 0 Å². The molecule has 3 aliphatic rings. The number of carbonyl (C=O) groups excluding carboxylic acids is 2. The molecular weight excluding hydrogens is 448 g/mol. The summed E-state index contributed by atoms with van der Waals surface area (Å²) in [7, 11) is -3.65. The predicted octanol–water partition coefficient (Wildman–Crippen LogP) is -0.239. The van der Waals surface area contributed by atoms with Crippen LogP contribution in [0, 0.1) is 0 Å². The molecule has 10 nitrogen and oxygen atoms in total. The summed E-state index contributed by atoms with van der Waals surface area (Å²) >= 11 is 0. The maximum Gasteiger partial charge on any atom is 0.253 e. The third-order valence-corrected chi connectivity index (χ3v) is 7.76. The molecule has 0 unspecified atom stereocenters. The van der Waals surface area contributed by atoms with Crippen LogP contribution in [0.4, 0.5) is 0 Å². The fraction of sp³-hybridized carbons (Fsp3) is 0.636. The topological polar surface area (TPSA) is 108 Å². The van der Waals surface area contributed by atoms with Gasteiger partial charge in [0.2, 0.25) is 15.9 Å². The van der Waals surface area contributed by atoms with Crippen molar-refractivity contribution in [3.63, 3.8) is 0 Å². The molecule has 3 fully saturated rings. The first kappa shape index (κ1) is 24.1. The van der Waals surface area contributed by atoms with Crippen molar-refractivity contribution in [3.05, 3.63) is 29.8 Å². The molecule has 1 atom stereocenters. The number of piperazine rings is 1. The molecule has 3 aliphatic heterocycles. The zero-order valence-corrected chi connectivity index (χ0v) is 19.6. The minimum atomic E-state index is -3.65. The summed E-state index contributed by atoms with van der Waals surface area (Å²) in [6.07, 6.45) is 1.72. The number of nitrogens with zero attached hydrogens (tertiary/aromatic N) is 3. The molecule has 3 heterocycles. The Morgan fingerprint density at radius 2 is 1.64 bits per heavy atom. The molecule has 182 valence electrons. The van der Waals surface area contributed by atoms with Crippen LogP contribution >= 0.6 is 0 Å². The van der Waals surface area contributed by atoms with Crippen molar-refractivity contribution in [1.29, 1.82) is 0 Å². The van der Waals surface area contributed by atoms with Crippen LogP contribution in [0.15, 0.2) is 29.2 Å². The van der Waals surface area contributed by atoms with E-state index in [2.05, 4.69) is 9.62 Å². The van der Waals surface area contributed by atoms with Crippen molar-refractivity contribution in [1.82, 2.24) is 19.4 Å². The number of hydrogen-bond donors (Lipinski definition) is 1. The number of sulfonamides is 1. The highest BCUT2D eigenvalue weighted by atomic mass is 32.2. The van der Waals surface area contributed by atoms with Crippen molar-refractivity contribution in [2.24, 2.45) is 0 Å². The zero-order chi connectivity index (χ0) is 23.3. The number of rotatable bonds is 7. The summed E-state index contributed by atoms with van der Waals surface area (Å²) in [5.74, 6) is -0.0339. The van der Waals surface area contributed by atoms with Crippen molar-refractivity contribution in [2.45, 2.75) is 23.8 Å². The van der Waals surface area contributed by atoms with E-state index >= 15 is 0 Å². The fourth-order valence-electron chi connectivity index (χ4n) is 4.26. The fourth-order valence-corrected chi connectivity index (χ4v) is 5.33. The van der Waals surface area contributed by atoms with Gasteiger partial charge in [0, 0.05) is 58.0 Å². The van der Waals surface area contributed by atoms with Crippen molar-refractivity contribution in [2.75, 3.05) is 72.2 Å². The molecule has 0 saturated carbocycles. The second-order valence-corrected chi connectivity index (χ2v) is 10.3. The molecule has 4 rings (SSSR count). The van der Waals surface area contributed by atoms with Crippen LogP contribution in [-0.4, -0.2) is 113 Å². The first-order valence-electron chi connectivity index (χ1n) is 11.5. The van der Waals surface area contributed by atoms with E-state index in [4.69, 9.17) is 9.47 Å². The van der Waals surface area contributed by atoms with Gasteiger partial charge in [-0.15, -0.1) is 0 Å². The summed E-state index contributed by atoms with van der Waals surface area (Å²) in [6.45, 7) is 6.01. The molecular formula is C22H32N4O6S. The van der Waals surface area contributed by atoms with E-state index in [1.54, 1.807) is 17.0 Å². The molecule has 3 saturated heterocycles. The van der Waals surface area contributed by atoms with E-state index in [0.717, 1.165) is 12.8 Å². The maximum absolute atomic E-state index is 12.9. The average Bonchev–Trinajstić information content (AvgIpc) is 3.37. The normalized spacial score (nSPS) is 22.5. The second-order valence-electron chi connectivity index (χ2n) is 8.57. The van der Waals surface area contributed by atoms with Gasteiger partial charge in [0.15, 0.2) is 0 Å². The van der Waals surface area contributed by atoms with Gasteiger partial charge < -0.3 is 19.3 Å². The molecule has 0 aliphatic carbocycles. The SMILES string of the molecule is O=C(CN1CCN(C(=O)c2ccc(S(=O)(=O)NC[C@H]3CCCO3)cc2)CC1)N1CCOCC1. The van der Waals surface area contributed by atoms with E-state index < -0.39 is 10.0 Å². The van der Waals surface area contributed by atoms with Crippen LogP contribution in [-0.2, 0) is 24.3 Å². The Bertz CT molecular complexity index is 919. The van der Waals surface area contributed by atoms with Gasteiger partial charge >= 0.3 is 0 Å². The third kappa shape index (κ3) is 6.30. The lowest BCUT2D eigenvalue weighted by Gasteiger charge is -2.36. The van der Waals surface area contributed by atoms with Gasteiger partial charge in [-0.2, -0.15) is 0 Å². The largest absolute Gasteiger partial charge is 0.378 e. The number of hydrogen-bond acceptors (Lipinski definition) is 7. The Morgan fingerprint density at radius 1 is 0.939 bits per heavy atom. The summed E-state index contributed by atoms with van der Waals surface area (Å²) in [4.78, 5) is 31.1. The molecule has 1 N–H and O–H groups in total. The predicted molar refractivity (Wildman–Crippen MR) is 120 cm³/mol. The molecule has 2 amide bonds. The van der Waals surface area contributed by atoms with E-state index in [1.807, 2.05) is 4.90 Å². The number of ether oxygens (including phenoxy) is 2. The zero-order valence-electron chi connectivity index (χ0n) is 18.8. The minimum Gasteiger partial charge on any atom is -0.378 e. The Kier molecular flexibility index (Phi) is 7.97. The molecule has 0 bridgehead atoms. The van der Waals surface area contributed by atoms with Gasteiger partial charge in [-0.05, 0) is 37.1 Å². The van der Waals surface area contributed by atoms with Crippen LogP contribution < -0.4 is 4.72 Å². The summed E-state index contributed by atoms with van der Waals surface area (Å²) < 4.78 is 38.3. The molecule has 11 heteroatoms. The number of benzene rings is 1. The van der Waals surface area contributed by atoms with Crippen LogP contribution in [0.5, 0.6) is 0 Å².